The Kier molecular flexibility index (Phi) is 2.49. The Hall–Kier alpha value is -0.810. The van der Waals surface area contributed by atoms with Gasteiger partial charge in [0.05, 0.1) is 6.26 Å². The van der Waals surface area contributed by atoms with Gasteiger partial charge in [0.1, 0.15) is 11.2 Å². The first-order valence-electron chi connectivity index (χ1n) is 3.87. The lowest BCUT2D eigenvalue weighted by atomic mass is 10.1. The first-order chi connectivity index (χ1) is 5.81. The fraction of sp³-hybridized carbons (Fsp3) is 0.500. The molecule has 1 aromatic rings. The van der Waals surface area contributed by atoms with Crippen LogP contribution in [0.2, 0.25) is 0 Å². The topological polar surface area (TPSA) is 59.3 Å². The van der Waals surface area contributed by atoms with E-state index in [1.807, 2.05) is 0 Å². The second-order valence-corrected chi connectivity index (χ2v) is 5.50. The second kappa shape index (κ2) is 3.16. The predicted octanol–water partition coefficient (Wildman–Crippen LogP) is 1.36. The molecule has 0 saturated carbocycles. The zero-order valence-corrected chi connectivity index (χ0v) is 8.68. The largest absolute Gasteiger partial charge is 0.471 e. The van der Waals surface area contributed by atoms with Gasteiger partial charge in [0, 0.05) is 5.54 Å². The Morgan fingerprint density at radius 3 is 2.38 bits per heavy atom. The summed E-state index contributed by atoms with van der Waals surface area (Å²) in [6.07, 6.45) is 2.53. The molecule has 5 heteroatoms. The average molecular weight is 203 g/mol. The van der Waals surface area contributed by atoms with Crippen LogP contribution in [0.1, 0.15) is 20.8 Å². The maximum Gasteiger partial charge on any atom is 0.244 e. The lowest BCUT2D eigenvalue weighted by Gasteiger charge is -2.19. The van der Waals surface area contributed by atoms with Crippen molar-refractivity contribution in [2.75, 3.05) is 0 Å². The molecule has 0 spiro atoms. The van der Waals surface area contributed by atoms with Gasteiger partial charge >= 0.3 is 0 Å². The normalized spacial score (nSPS) is 13.2. The van der Waals surface area contributed by atoms with Crippen LogP contribution in [0.15, 0.2) is 27.9 Å². The van der Waals surface area contributed by atoms with E-state index in [1.54, 1.807) is 20.8 Å². The molecule has 0 aliphatic rings. The van der Waals surface area contributed by atoms with Crippen LogP contribution in [0.5, 0.6) is 0 Å². The minimum absolute atomic E-state index is 0.155. The Morgan fingerprint density at radius 1 is 1.38 bits per heavy atom. The lowest BCUT2D eigenvalue weighted by Crippen LogP contribution is -2.40. The molecule has 1 N–H and O–H groups in total. The van der Waals surface area contributed by atoms with Gasteiger partial charge in [-0.15, -0.1) is 0 Å². The first-order valence-corrected chi connectivity index (χ1v) is 5.36. The van der Waals surface area contributed by atoms with Crippen LogP contribution in [0.4, 0.5) is 0 Å². The van der Waals surface area contributed by atoms with Crippen LogP contribution in [-0.4, -0.2) is 14.0 Å². The minimum atomic E-state index is -3.42. The first kappa shape index (κ1) is 10.3. The molecule has 74 valence electrons. The van der Waals surface area contributed by atoms with E-state index in [0.29, 0.717) is 0 Å². The number of hydrogen-bond acceptors (Lipinski definition) is 3. The maximum absolute atomic E-state index is 11.5. The third-order valence-corrected chi connectivity index (χ3v) is 2.98. The van der Waals surface area contributed by atoms with Gasteiger partial charge in [0.2, 0.25) is 10.0 Å². The van der Waals surface area contributed by atoms with Gasteiger partial charge in [-0.05, 0) is 26.8 Å². The van der Waals surface area contributed by atoms with Gasteiger partial charge in [0.25, 0.3) is 0 Å². The summed E-state index contributed by atoms with van der Waals surface area (Å²) in [5, 5.41) is 0. The van der Waals surface area contributed by atoms with E-state index >= 15 is 0 Å². The molecular formula is C8H13NO3S. The number of furan rings is 1. The highest BCUT2D eigenvalue weighted by Crippen LogP contribution is 2.12. The molecule has 0 saturated heterocycles. The SMILES string of the molecule is CC(C)(C)NS(=O)(=O)c1ccoc1. The maximum atomic E-state index is 11.5. The van der Waals surface area contributed by atoms with Gasteiger partial charge in [-0.2, -0.15) is 0 Å². The zero-order chi connectivity index (χ0) is 10.1. The number of nitrogens with one attached hydrogen (secondary N) is 1. The third-order valence-electron chi connectivity index (χ3n) is 1.25. The highest BCUT2D eigenvalue weighted by molar-refractivity contribution is 7.89. The van der Waals surface area contributed by atoms with Crippen LogP contribution < -0.4 is 4.72 Å². The van der Waals surface area contributed by atoms with E-state index in [-0.39, 0.29) is 4.90 Å². The van der Waals surface area contributed by atoms with Crippen molar-refractivity contribution in [3.63, 3.8) is 0 Å². The van der Waals surface area contributed by atoms with Gasteiger partial charge in [-0.1, -0.05) is 0 Å². The van der Waals surface area contributed by atoms with Crippen LogP contribution in [0.3, 0.4) is 0 Å². The monoisotopic (exact) mass is 203 g/mol. The van der Waals surface area contributed by atoms with Crippen molar-refractivity contribution in [2.24, 2.45) is 0 Å². The Labute approximate surface area is 78.0 Å². The Morgan fingerprint density at radius 2 is 2.00 bits per heavy atom. The molecule has 1 heterocycles. The second-order valence-electron chi connectivity index (χ2n) is 3.81. The van der Waals surface area contributed by atoms with Crippen molar-refractivity contribution in [1.29, 1.82) is 0 Å². The van der Waals surface area contributed by atoms with Crippen molar-refractivity contribution in [1.82, 2.24) is 4.72 Å². The molecule has 0 amide bonds. The summed E-state index contributed by atoms with van der Waals surface area (Å²) in [6.45, 7) is 5.35. The molecule has 0 fully saturated rings. The quantitative estimate of drug-likeness (QED) is 0.789. The summed E-state index contributed by atoms with van der Waals surface area (Å²) in [4.78, 5) is 0.155. The third kappa shape index (κ3) is 2.86. The van der Waals surface area contributed by atoms with Crippen LogP contribution in [0.25, 0.3) is 0 Å². The van der Waals surface area contributed by atoms with Gasteiger partial charge < -0.3 is 4.42 Å². The summed E-state index contributed by atoms with van der Waals surface area (Å²) in [5.74, 6) is 0. The van der Waals surface area contributed by atoms with Crippen molar-refractivity contribution in [3.8, 4) is 0 Å². The zero-order valence-electron chi connectivity index (χ0n) is 7.87. The number of hydrogen-bond donors (Lipinski definition) is 1. The molecule has 0 aliphatic heterocycles. The Bertz CT molecular complexity index is 359. The fourth-order valence-electron chi connectivity index (χ4n) is 0.867. The molecule has 0 aromatic carbocycles. The standard InChI is InChI=1S/C8H13NO3S/c1-8(2,3)9-13(10,11)7-4-5-12-6-7/h4-6,9H,1-3H3. The molecule has 1 aromatic heterocycles. The van der Waals surface area contributed by atoms with E-state index in [0.717, 1.165) is 0 Å². The van der Waals surface area contributed by atoms with E-state index in [2.05, 4.69) is 4.72 Å². The van der Waals surface area contributed by atoms with Gasteiger partial charge in [-0.25, -0.2) is 13.1 Å². The summed E-state index contributed by atoms with van der Waals surface area (Å²) in [7, 11) is -3.42. The van der Waals surface area contributed by atoms with Crippen molar-refractivity contribution < 1.29 is 12.8 Å². The molecule has 0 atom stereocenters. The molecule has 0 bridgehead atoms. The summed E-state index contributed by atoms with van der Waals surface area (Å²) < 4.78 is 30.3. The molecule has 0 radical (unpaired) electrons. The minimum Gasteiger partial charge on any atom is -0.471 e. The van der Waals surface area contributed by atoms with Crippen LogP contribution >= 0.6 is 0 Å². The smallest absolute Gasteiger partial charge is 0.244 e. The van der Waals surface area contributed by atoms with Crippen molar-refractivity contribution >= 4 is 10.0 Å². The molecule has 4 nitrogen and oxygen atoms in total. The van der Waals surface area contributed by atoms with E-state index in [1.165, 1.54) is 18.6 Å². The van der Waals surface area contributed by atoms with Crippen molar-refractivity contribution in [3.05, 3.63) is 18.6 Å². The molecule has 0 unspecified atom stereocenters. The molecular weight excluding hydrogens is 190 g/mol. The van der Waals surface area contributed by atoms with Gasteiger partial charge in [-0.3, -0.25) is 0 Å². The van der Waals surface area contributed by atoms with E-state index in [4.69, 9.17) is 4.42 Å². The number of sulfonamides is 1. The van der Waals surface area contributed by atoms with Crippen LogP contribution in [0, 0.1) is 0 Å². The molecule has 0 aliphatic carbocycles. The van der Waals surface area contributed by atoms with Gasteiger partial charge in [0.15, 0.2) is 0 Å². The summed E-state index contributed by atoms with van der Waals surface area (Å²) >= 11 is 0. The molecule has 13 heavy (non-hydrogen) atoms. The average Bonchev–Trinajstić information content (AvgIpc) is 2.29. The Balaban J connectivity index is 2.93. The molecule has 1 rings (SSSR count). The predicted molar refractivity (Wildman–Crippen MR) is 48.8 cm³/mol. The van der Waals surface area contributed by atoms with E-state index < -0.39 is 15.6 Å². The highest BCUT2D eigenvalue weighted by Gasteiger charge is 2.22. The summed E-state index contributed by atoms with van der Waals surface area (Å²) in [5.41, 5.74) is -0.476. The van der Waals surface area contributed by atoms with Crippen LogP contribution in [-0.2, 0) is 10.0 Å². The number of rotatable bonds is 2. The van der Waals surface area contributed by atoms with Crippen molar-refractivity contribution in [2.45, 2.75) is 31.2 Å². The lowest BCUT2D eigenvalue weighted by molar-refractivity contribution is 0.489. The fourth-order valence-corrected chi connectivity index (χ4v) is 2.21. The highest BCUT2D eigenvalue weighted by atomic mass is 32.2. The van der Waals surface area contributed by atoms with E-state index in [9.17, 15) is 8.42 Å². The summed E-state index contributed by atoms with van der Waals surface area (Å²) in [6, 6.07) is 1.41.